The Morgan fingerprint density at radius 3 is 2.84 bits per heavy atom. The largest absolute Gasteiger partial charge is 0.478 e. The lowest BCUT2D eigenvalue weighted by molar-refractivity contribution is 0.227. The quantitative estimate of drug-likeness (QED) is 0.212. The molecule has 8 nitrogen and oxygen atoms in total. The van der Waals surface area contributed by atoms with Crippen LogP contribution in [-0.4, -0.2) is 34.4 Å². The number of aromatic nitrogens is 3. The average Bonchev–Trinajstić information content (AvgIpc) is 3.54. The molecular formula is C27H27Cl2FN6O2. The molecule has 1 aromatic carbocycles. The van der Waals surface area contributed by atoms with Gasteiger partial charge in [-0.1, -0.05) is 29.1 Å². The number of fused-ring (bicyclic) bond motifs is 1. The van der Waals surface area contributed by atoms with E-state index < -0.39 is 11.9 Å². The Kier molecular flexibility index (Phi) is 7.77. The molecule has 0 amide bonds. The number of furan rings is 1. The van der Waals surface area contributed by atoms with E-state index >= 15 is 0 Å². The van der Waals surface area contributed by atoms with Gasteiger partial charge in [0.1, 0.15) is 11.9 Å². The van der Waals surface area contributed by atoms with Crippen molar-refractivity contribution >= 4 is 40.0 Å². The van der Waals surface area contributed by atoms with E-state index in [0.29, 0.717) is 41.3 Å². The van der Waals surface area contributed by atoms with Gasteiger partial charge in [-0.05, 0) is 50.9 Å². The fourth-order valence-corrected chi connectivity index (χ4v) is 5.32. The lowest BCUT2D eigenvalue weighted by Gasteiger charge is -2.22. The molecule has 38 heavy (non-hydrogen) atoms. The van der Waals surface area contributed by atoms with Crippen LogP contribution in [0.3, 0.4) is 0 Å². The standard InChI is InChI=1S/C27H27Cl2FN6O2/c1-15(22-19(28)5-6-20(30)24(22)29)37-26-25-18(13-34-27(26)32)23(21(38-25)4-2-3-9-31)16-12-35-36(14-16)17-7-10-33-11-8-17/h5-6,12-15,17,33H,3,7-11,31H2,1H3,(H2,32,34). The SMILES string of the molecule is CC(Oc1c(N)ncc2c(-c3cnn(C4CCNCC4)c3)c(C#CCCN)oc12)c1c(Cl)ccc(F)c1Cl. The molecule has 3 aromatic heterocycles. The van der Waals surface area contributed by atoms with Crippen molar-refractivity contribution in [1.82, 2.24) is 20.1 Å². The van der Waals surface area contributed by atoms with Crippen LogP contribution in [0.1, 0.15) is 49.7 Å². The Hall–Kier alpha value is -3.29. The second-order valence-electron chi connectivity index (χ2n) is 9.07. The van der Waals surface area contributed by atoms with Gasteiger partial charge in [0.25, 0.3) is 0 Å². The summed E-state index contributed by atoms with van der Waals surface area (Å²) in [5.41, 5.74) is 14.1. The highest BCUT2D eigenvalue weighted by Crippen LogP contribution is 2.43. The first kappa shape index (κ1) is 26.3. The minimum Gasteiger partial charge on any atom is -0.478 e. The summed E-state index contributed by atoms with van der Waals surface area (Å²) in [4.78, 5) is 4.36. The van der Waals surface area contributed by atoms with Gasteiger partial charge in [0, 0.05) is 47.1 Å². The van der Waals surface area contributed by atoms with Gasteiger partial charge in [0.05, 0.1) is 22.6 Å². The van der Waals surface area contributed by atoms with Crippen molar-refractivity contribution in [3.8, 4) is 28.7 Å². The van der Waals surface area contributed by atoms with Crippen molar-refractivity contribution in [1.29, 1.82) is 0 Å². The first-order chi connectivity index (χ1) is 18.4. The van der Waals surface area contributed by atoms with Crippen molar-refractivity contribution in [2.45, 2.75) is 38.3 Å². The van der Waals surface area contributed by atoms with E-state index in [4.69, 9.17) is 43.8 Å². The van der Waals surface area contributed by atoms with Gasteiger partial charge in [-0.25, -0.2) is 9.37 Å². The molecule has 1 atom stereocenters. The van der Waals surface area contributed by atoms with Crippen LogP contribution in [0.4, 0.5) is 10.2 Å². The summed E-state index contributed by atoms with van der Waals surface area (Å²) in [7, 11) is 0. The Bertz CT molecular complexity index is 1530. The van der Waals surface area contributed by atoms with E-state index in [2.05, 4.69) is 27.2 Å². The van der Waals surface area contributed by atoms with Crippen LogP contribution in [0.2, 0.25) is 10.0 Å². The number of hydrogen-bond acceptors (Lipinski definition) is 7. The van der Waals surface area contributed by atoms with Gasteiger partial charge in [0.2, 0.25) is 5.75 Å². The molecule has 5 N–H and O–H groups in total. The van der Waals surface area contributed by atoms with E-state index in [9.17, 15) is 4.39 Å². The Labute approximate surface area is 229 Å². The molecule has 1 saturated heterocycles. The fraction of sp³-hybridized carbons (Fsp3) is 0.333. The fourth-order valence-electron chi connectivity index (χ4n) is 4.64. The molecule has 198 valence electrons. The number of hydrogen-bond donors (Lipinski definition) is 3. The van der Waals surface area contributed by atoms with Crippen LogP contribution >= 0.6 is 23.2 Å². The summed E-state index contributed by atoms with van der Waals surface area (Å²) in [5.74, 6) is 6.23. The Balaban J connectivity index is 1.60. The lowest BCUT2D eigenvalue weighted by Crippen LogP contribution is -2.29. The molecule has 0 saturated carbocycles. The summed E-state index contributed by atoms with van der Waals surface area (Å²) in [6.45, 7) is 4.02. The van der Waals surface area contributed by atoms with E-state index in [-0.39, 0.29) is 21.6 Å². The van der Waals surface area contributed by atoms with Crippen molar-refractivity contribution in [3.63, 3.8) is 0 Å². The molecule has 1 fully saturated rings. The number of nitrogens with two attached hydrogens (primary N) is 2. The summed E-state index contributed by atoms with van der Waals surface area (Å²) in [6.07, 6.45) is 7.15. The monoisotopic (exact) mass is 556 g/mol. The highest BCUT2D eigenvalue weighted by Gasteiger charge is 2.26. The first-order valence-electron chi connectivity index (χ1n) is 12.3. The van der Waals surface area contributed by atoms with Gasteiger partial charge < -0.3 is 25.9 Å². The molecule has 0 aliphatic carbocycles. The summed E-state index contributed by atoms with van der Waals surface area (Å²) in [6, 6.07) is 2.94. The van der Waals surface area contributed by atoms with Crippen LogP contribution in [-0.2, 0) is 0 Å². The smallest absolute Gasteiger partial charge is 0.205 e. The highest BCUT2D eigenvalue weighted by atomic mass is 35.5. The lowest BCUT2D eigenvalue weighted by atomic mass is 10.1. The maximum Gasteiger partial charge on any atom is 0.205 e. The average molecular weight is 557 g/mol. The number of benzene rings is 1. The molecule has 1 aliphatic rings. The number of ether oxygens (including phenoxy) is 1. The Morgan fingerprint density at radius 1 is 1.29 bits per heavy atom. The summed E-state index contributed by atoms with van der Waals surface area (Å²) < 4.78 is 28.6. The topological polar surface area (TPSA) is 117 Å². The third-order valence-electron chi connectivity index (χ3n) is 6.54. The van der Waals surface area contributed by atoms with Gasteiger partial charge >= 0.3 is 0 Å². The molecule has 5 rings (SSSR count). The highest BCUT2D eigenvalue weighted by molar-refractivity contribution is 6.36. The minimum absolute atomic E-state index is 0.0974. The third-order valence-corrected chi connectivity index (χ3v) is 7.26. The van der Waals surface area contributed by atoms with Crippen LogP contribution < -0.4 is 21.5 Å². The molecule has 1 aliphatic heterocycles. The van der Waals surface area contributed by atoms with Crippen LogP contribution in [0.25, 0.3) is 22.1 Å². The normalized spacial score (nSPS) is 14.9. The molecule has 11 heteroatoms. The molecule has 4 aromatic rings. The molecular weight excluding hydrogens is 530 g/mol. The molecule has 0 bridgehead atoms. The number of nitrogen functional groups attached to an aromatic ring is 1. The van der Waals surface area contributed by atoms with Crippen LogP contribution in [0.5, 0.6) is 5.75 Å². The van der Waals surface area contributed by atoms with Crippen molar-refractivity contribution in [2.75, 3.05) is 25.4 Å². The van der Waals surface area contributed by atoms with Crippen molar-refractivity contribution in [2.24, 2.45) is 5.73 Å². The summed E-state index contributed by atoms with van der Waals surface area (Å²) in [5, 5.41) is 8.80. The van der Waals surface area contributed by atoms with Gasteiger partial charge in [-0.2, -0.15) is 5.10 Å². The van der Waals surface area contributed by atoms with Crippen molar-refractivity contribution < 1.29 is 13.5 Å². The third kappa shape index (κ3) is 5.05. The zero-order chi connectivity index (χ0) is 26.8. The Morgan fingerprint density at radius 2 is 2.08 bits per heavy atom. The number of halogens is 3. The maximum atomic E-state index is 14.2. The molecule has 4 heterocycles. The second-order valence-corrected chi connectivity index (χ2v) is 9.85. The summed E-state index contributed by atoms with van der Waals surface area (Å²) >= 11 is 12.5. The number of rotatable bonds is 6. The second kappa shape index (κ2) is 11.2. The van der Waals surface area contributed by atoms with Gasteiger partial charge in [0.15, 0.2) is 17.2 Å². The number of pyridine rings is 1. The predicted molar refractivity (Wildman–Crippen MR) is 147 cm³/mol. The van der Waals surface area contributed by atoms with Crippen molar-refractivity contribution in [3.05, 3.63) is 57.9 Å². The van der Waals surface area contributed by atoms with E-state index in [1.54, 1.807) is 19.3 Å². The van der Waals surface area contributed by atoms with E-state index in [0.717, 1.165) is 37.1 Å². The molecule has 0 radical (unpaired) electrons. The van der Waals surface area contributed by atoms with E-state index in [1.165, 1.54) is 12.1 Å². The molecule has 1 unspecified atom stereocenters. The van der Waals surface area contributed by atoms with Gasteiger partial charge in [-0.15, -0.1) is 0 Å². The van der Waals surface area contributed by atoms with Crippen LogP contribution in [0.15, 0.2) is 35.1 Å². The number of anilines is 1. The number of nitrogens with zero attached hydrogens (tertiary/aromatic N) is 3. The number of nitrogens with one attached hydrogen (secondary N) is 1. The molecule has 0 spiro atoms. The maximum absolute atomic E-state index is 14.2. The van der Waals surface area contributed by atoms with E-state index in [1.807, 2.05) is 10.9 Å². The first-order valence-corrected chi connectivity index (χ1v) is 13.1. The zero-order valence-corrected chi connectivity index (χ0v) is 22.2. The zero-order valence-electron chi connectivity index (χ0n) is 20.7. The van der Waals surface area contributed by atoms with Gasteiger partial charge in [-0.3, -0.25) is 4.68 Å². The minimum atomic E-state index is -0.761. The number of piperidine rings is 1. The van der Waals surface area contributed by atoms with Crippen LogP contribution in [0, 0.1) is 17.7 Å². The predicted octanol–water partition coefficient (Wildman–Crippen LogP) is 5.48.